The zero-order valence-electron chi connectivity index (χ0n) is 49.0. The summed E-state index contributed by atoms with van der Waals surface area (Å²) in [6.45, 7) is 0. The standard InChI is InChI=1S/C42H30N2.C24H15BrN.C19H16/c1-4-12-31(13-5-1)32-20-25-37(26-21-32)43(35-14-6-2-7-15-35)38-27-22-33(23-28-38)34-24-29-42-40(30-34)39-18-10-11-19-41(39)44(42)36-16-8-3-9-17-36;25-19-13-10-17(11-14-19)18-12-15-24-22(16-18)21-8-4-5-9-23(21)26(24)20-6-2-1-3-7-20;1-3-7-16(8-4-1)15-17-11-13-19(14-12-17)18-9-5-2-6-10-18/h1-30H;1-3,5-16H;1-14H,15H2/q;+1;. The lowest BCUT2D eigenvalue weighted by atomic mass is 10.0. The summed E-state index contributed by atoms with van der Waals surface area (Å²) in [5.41, 5.74) is 24.3. The van der Waals surface area contributed by atoms with Crippen molar-refractivity contribution < 1.29 is 0 Å². The molecule has 2 aromatic heterocycles. The summed E-state index contributed by atoms with van der Waals surface area (Å²) in [4.78, 5) is 2.31. The molecule has 4 heteroatoms. The summed E-state index contributed by atoms with van der Waals surface area (Å²) >= 11 is 3.51. The van der Waals surface area contributed by atoms with Gasteiger partial charge in [-0.15, -0.1) is 0 Å². The first-order chi connectivity index (χ1) is 44.1. The number of nitrogens with zero attached hydrogens (tertiary/aromatic N) is 3. The van der Waals surface area contributed by atoms with Gasteiger partial charge >= 0.3 is 0 Å². The van der Waals surface area contributed by atoms with Crippen LogP contribution in [0.15, 0.2) is 350 Å². The van der Waals surface area contributed by atoms with Crippen molar-refractivity contribution in [1.82, 2.24) is 9.13 Å². The van der Waals surface area contributed by atoms with E-state index in [0.29, 0.717) is 0 Å². The summed E-state index contributed by atoms with van der Waals surface area (Å²) in [6, 6.07) is 121. The Kier molecular flexibility index (Phi) is 16.2. The lowest BCUT2D eigenvalue weighted by Crippen LogP contribution is -2.09. The Hall–Kier alpha value is -11.1. The minimum absolute atomic E-state index is 0.996. The van der Waals surface area contributed by atoms with Gasteiger partial charge in [-0.3, -0.25) is 4.57 Å². The molecule has 16 rings (SSSR count). The monoisotopic (exact) mass is 1200 g/mol. The van der Waals surface area contributed by atoms with E-state index in [9.17, 15) is 0 Å². The zero-order chi connectivity index (χ0) is 59.7. The van der Waals surface area contributed by atoms with E-state index in [0.717, 1.165) is 28.0 Å². The summed E-state index contributed by atoms with van der Waals surface area (Å²) in [6.07, 6.45) is 10.4. The van der Waals surface area contributed by atoms with E-state index in [1.165, 1.54) is 111 Å². The van der Waals surface area contributed by atoms with Gasteiger partial charge in [0, 0.05) is 49.8 Å². The molecule has 0 saturated carbocycles. The smallest absolute Gasteiger partial charge is 0.168 e. The molecule has 0 amide bonds. The van der Waals surface area contributed by atoms with E-state index < -0.39 is 0 Å². The molecule has 0 fully saturated rings. The van der Waals surface area contributed by atoms with Gasteiger partial charge in [0.1, 0.15) is 17.7 Å². The summed E-state index contributed by atoms with van der Waals surface area (Å²) in [7, 11) is 0. The number of fused-ring (bicyclic) bond motifs is 6. The number of benzene rings is 13. The van der Waals surface area contributed by atoms with Gasteiger partial charge < -0.3 is 9.47 Å². The molecule has 0 bridgehead atoms. The molecule has 89 heavy (non-hydrogen) atoms. The molecule has 1 aliphatic rings. The van der Waals surface area contributed by atoms with Crippen molar-refractivity contribution >= 4 is 77.9 Å². The Labute approximate surface area is 529 Å². The van der Waals surface area contributed by atoms with Crippen LogP contribution in [0.4, 0.5) is 17.1 Å². The highest BCUT2D eigenvalue weighted by atomic mass is 79.9. The van der Waals surface area contributed by atoms with Crippen molar-refractivity contribution in [3.63, 3.8) is 0 Å². The summed E-state index contributed by atoms with van der Waals surface area (Å²) in [5, 5.41) is 3.77. The van der Waals surface area contributed by atoms with Crippen LogP contribution in [0.25, 0.3) is 101 Å². The van der Waals surface area contributed by atoms with Gasteiger partial charge in [0.2, 0.25) is 0 Å². The molecule has 3 nitrogen and oxygen atoms in total. The first-order valence-electron chi connectivity index (χ1n) is 30.2. The quantitative estimate of drug-likeness (QED) is 0.118. The zero-order valence-corrected chi connectivity index (χ0v) is 50.6. The molecule has 0 N–H and O–H groups in total. The first-order valence-corrected chi connectivity index (χ1v) is 31.0. The number of aromatic nitrogens is 2. The van der Waals surface area contributed by atoms with E-state index in [-0.39, 0.29) is 0 Å². The van der Waals surface area contributed by atoms with Crippen molar-refractivity contribution in [3.05, 3.63) is 379 Å². The van der Waals surface area contributed by atoms with Crippen LogP contribution in [0.3, 0.4) is 0 Å². The molecule has 15 aromatic rings. The molecule has 0 unspecified atom stereocenters. The van der Waals surface area contributed by atoms with Crippen molar-refractivity contribution in [3.8, 4) is 55.9 Å². The molecule has 0 radical (unpaired) electrons. The molecular weight excluding hydrogens is 1140 g/mol. The minimum atomic E-state index is 0.996. The molecule has 0 atom stereocenters. The minimum Gasteiger partial charge on any atom is -0.311 e. The van der Waals surface area contributed by atoms with E-state index in [4.69, 9.17) is 0 Å². The van der Waals surface area contributed by atoms with Gasteiger partial charge in [-0.05, 0) is 165 Å². The van der Waals surface area contributed by atoms with E-state index in [2.05, 4.69) is 382 Å². The Morgan fingerprint density at radius 1 is 0.303 bits per heavy atom. The highest BCUT2D eigenvalue weighted by molar-refractivity contribution is 9.10. The maximum atomic E-state index is 3.51. The first kappa shape index (κ1) is 55.7. The van der Waals surface area contributed by atoms with Crippen molar-refractivity contribution in [2.45, 2.75) is 6.42 Å². The van der Waals surface area contributed by atoms with Crippen LogP contribution in [-0.4, -0.2) is 9.13 Å². The topological polar surface area (TPSA) is 13.1 Å². The molecule has 0 aliphatic heterocycles. The van der Waals surface area contributed by atoms with Crippen LogP contribution in [-0.2, 0) is 6.42 Å². The van der Waals surface area contributed by atoms with Crippen LogP contribution in [0, 0.1) is 6.08 Å². The maximum absolute atomic E-state index is 3.51. The second kappa shape index (κ2) is 25.8. The fraction of sp³-hybridized carbons (Fsp3) is 0.0118. The Balaban J connectivity index is 0.000000130. The van der Waals surface area contributed by atoms with Gasteiger partial charge in [0.05, 0.1) is 28.0 Å². The molecule has 422 valence electrons. The number of para-hydroxylation sites is 4. The van der Waals surface area contributed by atoms with Crippen LogP contribution >= 0.6 is 15.9 Å². The fourth-order valence-corrected chi connectivity index (χ4v) is 12.4. The molecule has 13 aromatic carbocycles. The maximum Gasteiger partial charge on any atom is 0.168 e. The van der Waals surface area contributed by atoms with Crippen LogP contribution in [0.5, 0.6) is 0 Å². The highest BCUT2D eigenvalue weighted by Gasteiger charge is 2.24. The highest BCUT2D eigenvalue weighted by Crippen LogP contribution is 2.40. The molecule has 0 saturated heterocycles. The average Bonchev–Trinajstić information content (AvgIpc) is 2.54. The number of hydrogen-bond acceptors (Lipinski definition) is 1. The van der Waals surface area contributed by atoms with Crippen molar-refractivity contribution in [2.75, 3.05) is 4.90 Å². The predicted octanol–water partition coefficient (Wildman–Crippen LogP) is 23.4. The fourth-order valence-electron chi connectivity index (χ4n) is 12.1. The normalized spacial score (nSPS) is 11.3. The number of anilines is 3. The van der Waals surface area contributed by atoms with Gasteiger partial charge in [0.25, 0.3) is 0 Å². The third-order valence-electron chi connectivity index (χ3n) is 16.5. The second-order valence-electron chi connectivity index (χ2n) is 22.1. The van der Waals surface area contributed by atoms with E-state index in [1.807, 2.05) is 12.1 Å². The average molecular weight is 1200 g/mol. The van der Waals surface area contributed by atoms with Gasteiger partial charge in [-0.2, -0.15) is 0 Å². The Morgan fingerprint density at radius 2 is 0.685 bits per heavy atom. The third kappa shape index (κ3) is 12.1. The predicted molar refractivity (Wildman–Crippen MR) is 381 cm³/mol. The summed E-state index contributed by atoms with van der Waals surface area (Å²) < 4.78 is 5.78. The number of allylic oxidation sites excluding steroid dienone is 2. The SMILES string of the molecule is Brc1ccc(-c2ccc3c(c2)c2c(n3-c3ccccc3)C=C[C+]=C2)cc1.c1ccc(-c2ccc(N(c3ccccc3)c3ccc(-c4ccc5c(c4)c4ccccc4n5-c4ccccc4)cc3)cc2)cc1.c1ccc(Cc2ccc(-c3ccccc3)cc2)cc1. The third-order valence-corrected chi connectivity index (χ3v) is 17.0. The number of hydrogen-bond donors (Lipinski definition) is 0. The molecule has 1 aliphatic carbocycles. The lowest BCUT2D eigenvalue weighted by molar-refractivity contribution is 1.10. The van der Waals surface area contributed by atoms with Crippen molar-refractivity contribution in [2.24, 2.45) is 0 Å². The Bertz CT molecular complexity index is 4900. The second-order valence-corrected chi connectivity index (χ2v) is 23.0. The molecular formula is C85H61BrN3+. The van der Waals surface area contributed by atoms with Gasteiger partial charge in [0.15, 0.2) is 5.69 Å². The van der Waals surface area contributed by atoms with Crippen LogP contribution < -0.4 is 4.90 Å². The van der Waals surface area contributed by atoms with Crippen LogP contribution in [0.1, 0.15) is 22.4 Å². The molecule has 0 spiro atoms. The molecule has 2 heterocycles. The van der Waals surface area contributed by atoms with E-state index >= 15 is 0 Å². The summed E-state index contributed by atoms with van der Waals surface area (Å²) in [5.74, 6) is 0. The Morgan fingerprint density at radius 3 is 1.25 bits per heavy atom. The van der Waals surface area contributed by atoms with E-state index in [1.54, 1.807) is 0 Å². The number of halogens is 1. The van der Waals surface area contributed by atoms with Crippen LogP contribution in [0.2, 0.25) is 0 Å². The van der Waals surface area contributed by atoms with Gasteiger partial charge in [-0.25, -0.2) is 0 Å². The largest absolute Gasteiger partial charge is 0.311 e. The lowest BCUT2D eigenvalue weighted by Gasteiger charge is -2.26. The van der Waals surface area contributed by atoms with Crippen molar-refractivity contribution in [1.29, 1.82) is 0 Å². The number of rotatable bonds is 11. The van der Waals surface area contributed by atoms with Gasteiger partial charge in [-0.1, -0.05) is 253 Å².